The first-order valence-electron chi connectivity index (χ1n) is 13.2. The van der Waals surface area contributed by atoms with Crippen molar-refractivity contribution in [2.24, 2.45) is 4.99 Å². The summed E-state index contributed by atoms with van der Waals surface area (Å²) in [6.45, 7) is 4.79. The number of alkyl halides is 4. The number of amides is 1. The fourth-order valence-electron chi connectivity index (χ4n) is 3.39. The number of aliphatic imine (C=N–C) groups is 1. The Morgan fingerprint density at radius 3 is 2.38 bits per heavy atom. The Kier molecular flexibility index (Phi) is 16.0. The zero-order valence-electron chi connectivity index (χ0n) is 24.1. The smallest absolute Gasteiger partial charge is 0.387 e. The highest BCUT2D eigenvalue weighted by Crippen LogP contribution is 2.32. The van der Waals surface area contributed by atoms with Gasteiger partial charge in [0.25, 0.3) is 0 Å². The Bertz CT molecular complexity index is 1150. The maximum Gasteiger partial charge on any atom is 0.387 e. The van der Waals surface area contributed by atoms with Crippen LogP contribution in [0.1, 0.15) is 71.9 Å². The van der Waals surface area contributed by atoms with Gasteiger partial charge in [0.1, 0.15) is 11.5 Å². The number of nitrogens with one attached hydrogen (secondary N) is 1. The third kappa shape index (κ3) is 14.0. The van der Waals surface area contributed by atoms with Crippen molar-refractivity contribution in [1.82, 2.24) is 5.32 Å². The molecule has 0 aliphatic heterocycles. The molecule has 40 heavy (non-hydrogen) atoms. The van der Waals surface area contributed by atoms with E-state index in [1.165, 1.54) is 26.0 Å². The molecule has 0 aliphatic rings. The average molecular weight is 565 g/mol. The van der Waals surface area contributed by atoms with E-state index in [1.807, 2.05) is 39.8 Å². The first-order valence-corrected chi connectivity index (χ1v) is 13.2. The molecule has 220 valence electrons. The van der Waals surface area contributed by atoms with Gasteiger partial charge in [0.15, 0.2) is 0 Å². The normalized spacial score (nSPS) is 13.9. The second-order valence-electron chi connectivity index (χ2n) is 9.02. The maximum absolute atomic E-state index is 13.3. The summed E-state index contributed by atoms with van der Waals surface area (Å²) < 4.78 is 61.5. The molecule has 0 bridgehead atoms. The van der Waals surface area contributed by atoms with Crippen LogP contribution in [0.3, 0.4) is 0 Å². The van der Waals surface area contributed by atoms with Crippen molar-refractivity contribution >= 4 is 17.7 Å². The number of halogens is 4. The molecule has 0 saturated carbocycles. The Labute approximate surface area is 235 Å². The molecule has 1 rings (SSSR count). The fourth-order valence-corrected chi connectivity index (χ4v) is 3.39. The third-order valence-electron chi connectivity index (χ3n) is 5.67. The minimum absolute atomic E-state index is 0.0796. The van der Waals surface area contributed by atoms with Gasteiger partial charge < -0.3 is 14.8 Å². The van der Waals surface area contributed by atoms with Gasteiger partial charge in [0.2, 0.25) is 5.91 Å². The van der Waals surface area contributed by atoms with Crippen LogP contribution < -0.4 is 10.1 Å². The predicted molar refractivity (Wildman–Crippen MR) is 154 cm³/mol. The first kappa shape index (κ1) is 34.4. The second-order valence-corrected chi connectivity index (χ2v) is 9.02. The van der Waals surface area contributed by atoms with E-state index in [-0.39, 0.29) is 17.4 Å². The summed E-state index contributed by atoms with van der Waals surface area (Å²) in [5.41, 5.74) is 4.01. The molecule has 0 spiro atoms. The van der Waals surface area contributed by atoms with E-state index in [2.05, 4.69) is 15.0 Å². The van der Waals surface area contributed by atoms with E-state index in [4.69, 9.17) is 4.74 Å². The number of nitrogens with zero attached hydrogens (tertiary/aromatic N) is 1. The highest BCUT2D eigenvalue weighted by molar-refractivity contribution is 5.82. The van der Waals surface area contributed by atoms with Gasteiger partial charge in [-0.15, -0.1) is 0 Å². The third-order valence-corrected chi connectivity index (χ3v) is 5.67. The lowest BCUT2D eigenvalue weighted by molar-refractivity contribution is -0.118. The molecular formula is C31H40F4N2O3. The summed E-state index contributed by atoms with van der Waals surface area (Å²) >= 11 is 0. The quantitative estimate of drug-likeness (QED) is 0.0947. The Balaban J connectivity index is 3.51. The standard InChI is InChI=1S/C31H40F4N2O3/c1-7-10-11-27(20-36-23(6)38)37-19-24(9-3)17-25-13-15-29(40-31(34)35)28(18-25)26(14-12-21(4)8-2)16-22(5)39-30(32)33/h9,11-16,18-19,30-31H,7-8,10,17,20H2,1-6H3,(H,36,38)/b21-12+,22-16+,24-9-,26-14+,27-11+,37-19+. The average Bonchev–Trinajstić information content (AvgIpc) is 2.89. The van der Waals surface area contributed by atoms with Crippen LogP contribution in [0.15, 0.2) is 76.2 Å². The van der Waals surface area contributed by atoms with E-state index in [0.29, 0.717) is 24.1 Å². The van der Waals surface area contributed by atoms with Crippen molar-refractivity contribution in [3.05, 3.63) is 82.3 Å². The van der Waals surface area contributed by atoms with E-state index >= 15 is 0 Å². The van der Waals surface area contributed by atoms with Crippen LogP contribution in [-0.4, -0.2) is 31.9 Å². The van der Waals surface area contributed by atoms with Crippen LogP contribution in [0.25, 0.3) is 5.57 Å². The summed E-state index contributed by atoms with van der Waals surface area (Å²) in [5.74, 6) is -0.327. The molecule has 1 aromatic rings. The largest absolute Gasteiger partial charge is 0.440 e. The second kappa shape index (κ2) is 18.6. The molecular weight excluding hydrogens is 524 g/mol. The number of carbonyl (C=O) groups is 1. The van der Waals surface area contributed by atoms with Crippen molar-refractivity contribution in [3.8, 4) is 5.75 Å². The van der Waals surface area contributed by atoms with Crippen LogP contribution in [0.2, 0.25) is 0 Å². The summed E-state index contributed by atoms with van der Waals surface area (Å²) in [4.78, 5) is 15.9. The molecule has 9 heteroatoms. The van der Waals surface area contributed by atoms with Crippen LogP contribution in [0, 0.1) is 0 Å². The van der Waals surface area contributed by atoms with Gasteiger partial charge in [-0.3, -0.25) is 9.79 Å². The van der Waals surface area contributed by atoms with Crippen molar-refractivity contribution in [2.45, 2.75) is 80.4 Å². The van der Waals surface area contributed by atoms with Crippen molar-refractivity contribution in [2.75, 3.05) is 6.54 Å². The van der Waals surface area contributed by atoms with E-state index in [9.17, 15) is 22.4 Å². The fraction of sp³-hybridized carbons (Fsp3) is 0.419. The number of carbonyl (C=O) groups excluding carboxylic acids is 1. The Morgan fingerprint density at radius 1 is 1.07 bits per heavy atom. The molecule has 1 amide bonds. The summed E-state index contributed by atoms with van der Waals surface area (Å²) in [6, 6.07) is 4.79. The van der Waals surface area contributed by atoms with Gasteiger partial charge in [-0.2, -0.15) is 17.6 Å². The number of hydrogen-bond acceptors (Lipinski definition) is 4. The molecule has 0 radical (unpaired) electrons. The van der Waals surface area contributed by atoms with E-state index in [0.717, 1.165) is 41.7 Å². The van der Waals surface area contributed by atoms with Crippen LogP contribution in [0.5, 0.6) is 5.75 Å². The minimum atomic E-state index is -3.07. The van der Waals surface area contributed by atoms with Crippen LogP contribution in [-0.2, 0) is 16.0 Å². The lowest BCUT2D eigenvalue weighted by atomic mass is 9.97. The molecule has 0 saturated heterocycles. The number of unbranched alkanes of at least 4 members (excludes halogenated alkanes) is 1. The zero-order valence-corrected chi connectivity index (χ0v) is 24.1. The zero-order chi connectivity index (χ0) is 30.1. The van der Waals surface area contributed by atoms with Gasteiger partial charge in [-0.25, -0.2) is 0 Å². The number of hydrogen-bond donors (Lipinski definition) is 1. The Morgan fingerprint density at radius 2 is 1.80 bits per heavy atom. The Hall–Kier alpha value is -3.62. The maximum atomic E-state index is 13.3. The van der Waals surface area contributed by atoms with E-state index in [1.54, 1.807) is 30.5 Å². The van der Waals surface area contributed by atoms with Gasteiger partial charge in [0.05, 0.1) is 12.2 Å². The molecule has 0 aliphatic carbocycles. The molecule has 1 N–H and O–H groups in total. The molecule has 0 unspecified atom stereocenters. The predicted octanol–water partition coefficient (Wildman–Crippen LogP) is 8.55. The van der Waals surface area contributed by atoms with Gasteiger partial charge in [0, 0.05) is 18.7 Å². The lowest BCUT2D eigenvalue weighted by Crippen LogP contribution is -2.22. The molecule has 0 fully saturated rings. The van der Waals surface area contributed by atoms with Crippen molar-refractivity contribution < 1.29 is 31.8 Å². The highest BCUT2D eigenvalue weighted by atomic mass is 19.3. The summed E-state index contributed by atoms with van der Waals surface area (Å²) in [7, 11) is 0. The molecule has 0 atom stereocenters. The molecule has 0 aromatic heterocycles. The van der Waals surface area contributed by atoms with Gasteiger partial charge >= 0.3 is 13.2 Å². The highest BCUT2D eigenvalue weighted by Gasteiger charge is 2.15. The monoisotopic (exact) mass is 564 g/mol. The number of ether oxygens (including phenoxy) is 2. The number of allylic oxidation sites excluding steroid dienone is 9. The molecule has 0 heterocycles. The van der Waals surface area contributed by atoms with Crippen molar-refractivity contribution in [1.29, 1.82) is 0 Å². The van der Waals surface area contributed by atoms with Crippen molar-refractivity contribution in [3.63, 3.8) is 0 Å². The molecule has 5 nitrogen and oxygen atoms in total. The minimum Gasteiger partial charge on any atom is -0.440 e. The number of benzene rings is 1. The topological polar surface area (TPSA) is 59.9 Å². The summed E-state index contributed by atoms with van der Waals surface area (Å²) in [6.07, 6.45) is 13.3. The molecule has 1 aromatic carbocycles. The van der Waals surface area contributed by atoms with Gasteiger partial charge in [-0.05, 0) is 75.0 Å². The van der Waals surface area contributed by atoms with Gasteiger partial charge in [-0.1, -0.05) is 56.2 Å². The SMILES string of the molecule is C\C=C(/C=N/C(=C/CCC)CNC(C)=O)Cc1ccc(OC(F)F)c(C(/C=C(\C)OC(F)F)=C/C=C(\C)CC)c1. The summed E-state index contributed by atoms with van der Waals surface area (Å²) in [5, 5.41) is 2.75. The van der Waals surface area contributed by atoms with Crippen LogP contribution in [0.4, 0.5) is 17.6 Å². The lowest BCUT2D eigenvalue weighted by Gasteiger charge is -2.15. The number of rotatable bonds is 16. The van der Waals surface area contributed by atoms with E-state index < -0.39 is 13.2 Å². The van der Waals surface area contributed by atoms with Crippen LogP contribution >= 0.6 is 0 Å². The first-order chi connectivity index (χ1) is 19.0.